The number of rotatable bonds is 3. The van der Waals surface area contributed by atoms with E-state index in [0.717, 1.165) is 24.8 Å². The minimum Gasteiger partial charge on any atom is -0.351 e. The summed E-state index contributed by atoms with van der Waals surface area (Å²) in [6, 6.07) is 12.2. The Morgan fingerprint density at radius 1 is 1.25 bits per heavy atom. The summed E-state index contributed by atoms with van der Waals surface area (Å²) < 4.78 is 0. The highest BCUT2D eigenvalue weighted by atomic mass is 16.1. The van der Waals surface area contributed by atoms with E-state index in [0.29, 0.717) is 6.54 Å². The molecule has 1 aromatic carbocycles. The molecule has 2 aromatic rings. The maximum absolute atomic E-state index is 12.4. The summed E-state index contributed by atoms with van der Waals surface area (Å²) >= 11 is 0. The summed E-state index contributed by atoms with van der Waals surface area (Å²) in [6.07, 6.45) is 6.64. The third-order valence-corrected chi connectivity index (χ3v) is 3.88. The van der Waals surface area contributed by atoms with Gasteiger partial charge in [0.2, 0.25) is 5.91 Å². The van der Waals surface area contributed by atoms with Gasteiger partial charge < -0.3 is 5.32 Å². The molecule has 1 N–H and O–H groups in total. The molecule has 0 aliphatic heterocycles. The van der Waals surface area contributed by atoms with Gasteiger partial charge >= 0.3 is 0 Å². The second-order valence-corrected chi connectivity index (χ2v) is 5.22. The average Bonchev–Trinajstić information content (AvgIpc) is 2.53. The van der Waals surface area contributed by atoms with E-state index < -0.39 is 0 Å². The molecule has 102 valence electrons. The molecule has 1 amide bonds. The van der Waals surface area contributed by atoms with Gasteiger partial charge in [0.25, 0.3) is 0 Å². The molecular formula is C17H18N2O. The van der Waals surface area contributed by atoms with Gasteiger partial charge in [0.1, 0.15) is 0 Å². The van der Waals surface area contributed by atoms with Gasteiger partial charge in [-0.25, -0.2) is 0 Å². The maximum atomic E-state index is 12.4. The fourth-order valence-corrected chi connectivity index (χ4v) is 2.84. The summed E-state index contributed by atoms with van der Waals surface area (Å²) in [4.78, 5) is 16.5. The van der Waals surface area contributed by atoms with Crippen molar-refractivity contribution in [3.63, 3.8) is 0 Å². The van der Waals surface area contributed by atoms with E-state index in [2.05, 4.69) is 28.5 Å². The number of hydrogen-bond donors (Lipinski definition) is 1. The number of fused-ring (bicyclic) bond motifs is 1. The molecule has 0 fully saturated rings. The number of carbonyl (C=O) groups excluding carboxylic acids is 1. The Morgan fingerprint density at radius 2 is 2.15 bits per heavy atom. The molecule has 1 unspecified atom stereocenters. The zero-order valence-corrected chi connectivity index (χ0v) is 11.4. The van der Waals surface area contributed by atoms with E-state index in [9.17, 15) is 4.79 Å². The zero-order valence-electron chi connectivity index (χ0n) is 11.4. The summed E-state index contributed by atoms with van der Waals surface area (Å²) in [5, 5.41) is 3.03. The summed E-state index contributed by atoms with van der Waals surface area (Å²) in [5.41, 5.74) is 3.55. The summed E-state index contributed by atoms with van der Waals surface area (Å²) in [6.45, 7) is 0.547. The molecule has 1 aliphatic carbocycles. The van der Waals surface area contributed by atoms with Gasteiger partial charge in [-0.15, -0.1) is 0 Å². The van der Waals surface area contributed by atoms with Crippen LogP contribution in [0.2, 0.25) is 0 Å². The first-order valence-electron chi connectivity index (χ1n) is 7.09. The molecule has 0 saturated heterocycles. The Hall–Kier alpha value is -2.16. The monoisotopic (exact) mass is 266 g/mol. The van der Waals surface area contributed by atoms with Crippen molar-refractivity contribution in [2.75, 3.05) is 0 Å². The molecule has 1 aliphatic rings. The molecule has 1 atom stereocenters. The molecule has 0 radical (unpaired) electrons. The molecule has 1 heterocycles. The van der Waals surface area contributed by atoms with Crippen LogP contribution in [-0.4, -0.2) is 10.9 Å². The highest BCUT2D eigenvalue weighted by Crippen LogP contribution is 2.31. The largest absolute Gasteiger partial charge is 0.351 e. The summed E-state index contributed by atoms with van der Waals surface area (Å²) in [5.74, 6) is 0.123. The van der Waals surface area contributed by atoms with Gasteiger partial charge in [-0.2, -0.15) is 0 Å². The van der Waals surface area contributed by atoms with Crippen LogP contribution in [-0.2, 0) is 17.8 Å². The van der Waals surface area contributed by atoms with Crippen molar-refractivity contribution >= 4 is 5.91 Å². The molecule has 3 heteroatoms. The first kappa shape index (κ1) is 12.9. The number of aryl methyl sites for hydroxylation is 1. The second-order valence-electron chi connectivity index (χ2n) is 5.22. The van der Waals surface area contributed by atoms with Crippen LogP contribution in [0, 0.1) is 0 Å². The Morgan fingerprint density at radius 3 is 3.00 bits per heavy atom. The molecule has 0 saturated carbocycles. The topological polar surface area (TPSA) is 42.0 Å². The van der Waals surface area contributed by atoms with E-state index in [1.807, 2.05) is 18.2 Å². The Kier molecular flexibility index (Phi) is 3.77. The van der Waals surface area contributed by atoms with Gasteiger partial charge in [-0.1, -0.05) is 30.3 Å². The van der Waals surface area contributed by atoms with Crippen LogP contribution in [0.4, 0.5) is 0 Å². The van der Waals surface area contributed by atoms with E-state index in [1.54, 1.807) is 12.4 Å². The number of nitrogens with zero attached hydrogens (tertiary/aromatic N) is 1. The Balaban J connectivity index is 1.69. The number of nitrogens with one attached hydrogen (secondary N) is 1. The lowest BCUT2D eigenvalue weighted by Gasteiger charge is -2.24. The van der Waals surface area contributed by atoms with Crippen molar-refractivity contribution in [2.24, 2.45) is 0 Å². The van der Waals surface area contributed by atoms with Gasteiger partial charge in [0, 0.05) is 18.9 Å². The van der Waals surface area contributed by atoms with E-state index >= 15 is 0 Å². The van der Waals surface area contributed by atoms with Crippen LogP contribution in [0.1, 0.15) is 35.4 Å². The number of benzene rings is 1. The normalized spacial score (nSPS) is 17.3. The van der Waals surface area contributed by atoms with Crippen molar-refractivity contribution in [1.82, 2.24) is 10.3 Å². The van der Waals surface area contributed by atoms with Crippen molar-refractivity contribution in [3.05, 3.63) is 65.5 Å². The van der Waals surface area contributed by atoms with Crippen LogP contribution in [0.25, 0.3) is 0 Å². The lowest BCUT2D eigenvalue weighted by Crippen LogP contribution is -2.31. The van der Waals surface area contributed by atoms with Crippen molar-refractivity contribution < 1.29 is 4.79 Å². The first-order valence-corrected chi connectivity index (χ1v) is 7.09. The van der Waals surface area contributed by atoms with Crippen LogP contribution in [0.5, 0.6) is 0 Å². The van der Waals surface area contributed by atoms with Crippen LogP contribution >= 0.6 is 0 Å². The number of carbonyl (C=O) groups is 1. The van der Waals surface area contributed by atoms with E-state index in [-0.39, 0.29) is 11.8 Å². The minimum atomic E-state index is -0.00313. The number of pyridine rings is 1. The molecule has 20 heavy (non-hydrogen) atoms. The average molecular weight is 266 g/mol. The second kappa shape index (κ2) is 5.87. The predicted octanol–water partition coefficient (Wildman–Crippen LogP) is 2.82. The fourth-order valence-electron chi connectivity index (χ4n) is 2.84. The molecule has 3 rings (SSSR count). The highest BCUT2D eigenvalue weighted by molar-refractivity contribution is 5.84. The quantitative estimate of drug-likeness (QED) is 0.928. The molecule has 0 spiro atoms. The van der Waals surface area contributed by atoms with Gasteiger partial charge in [0.15, 0.2) is 0 Å². The molecule has 0 bridgehead atoms. The van der Waals surface area contributed by atoms with E-state index in [1.165, 1.54) is 11.1 Å². The van der Waals surface area contributed by atoms with Crippen molar-refractivity contribution in [1.29, 1.82) is 0 Å². The third-order valence-electron chi connectivity index (χ3n) is 3.88. The van der Waals surface area contributed by atoms with Gasteiger partial charge in [-0.05, 0) is 42.0 Å². The van der Waals surface area contributed by atoms with E-state index in [4.69, 9.17) is 0 Å². The van der Waals surface area contributed by atoms with Crippen LogP contribution in [0.3, 0.4) is 0 Å². The lowest BCUT2D eigenvalue weighted by atomic mass is 9.82. The van der Waals surface area contributed by atoms with Gasteiger partial charge in [0.05, 0.1) is 5.92 Å². The first-order chi connectivity index (χ1) is 9.84. The molecule has 1 aromatic heterocycles. The number of aromatic nitrogens is 1. The minimum absolute atomic E-state index is 0.00313. The van der Waals surface area contributed by atoms with Crippen molar-refractivity contribution in [3.8, 4) is 0 Å². The highest BCUT2D eigenvalue weighted by Gasteiger charge is 2.25. The SMILES string of the molecule is O=C(NCc1cccnc1)C1CCCc2ccccc21. The van der Waals surface area contributed by atoms with Crippen molar-refractivity contribution in [2.45, 2.75) is 31.7 Å². The van der Waals surface area contributed by atoms with Gasteiger partial charge in [-0.3, -0.25) is 9.78 Å². The van der Waals surface area contributed by atoms with Crippen LogP contribution < -0.4 is 5.32 Å². The number of amides is 1. The molecule has 3 nitrogen and oxygen atoms in total. The number of hydrogen-bond acceptors (Lipinski definition) is 2. The lowest BCUT2D eigenvalue weighted by molar-refractivity contribution is -0.123. The summed E-state index contributed by atoms with van der Waals surface area (Å²) in [7, 11) is 0. The Labute approximate surface area is 119 Å². The molecular weight excluding hydrogens is 248 g/mol. The fraction of sp³-hybridized carbons (Fsp3) is 0.294. The Bertz CT molecular complexity index is 595. The zero-order chi connectivity index (χ0) is 13.8. The maximum Gasteiger partial charge on any atom is 0.227 e. The predicted molar refractivity (Wildman–Crippen MR) is 78.2 cm³/mol. The smallest absolute Gasteiger partial charge is 0.227 e. The standard InChI is InChI=1S/C17H18N2O/c20-17(19-12-13-5-4-10-18-11-13)16-9-3-7-14-6-1-2-8-15(14)16/h1-2,4-6,8,10-11,16H,3,7,9,12H2,(H,19,20). The van der Waals surface area contributed by atoms with Crippen LogP contribution in [0.15, 0.2) is 48.8 Å². The third kappa shape index (κ3) is 2.72.